The fourth-order valence-corrected chi connectivity index (χ4v) is 5.41. The molecule has 0 bridgehead atoms. The van der Waals surface area contributed by atoms with Gasteiger partial charge in [0.2, 0.25) is 5.91 Å². The highest BCUT2D eigenvalue weighted by Crippen LogP contribution is 2.33. The summed E-state index contributed by atoms with van der Waals surface area (Å²) >= 11 is 3.09. The molecule has 3 aromatic rings. The summed E-state index contributed by atoms with van der Waals surface area (Å²) < 4.78 is 27.4. The summed E-state index contributed by atoms with van der Waals surface area (Å²) in [6, 6.07) is 12.0. The van der Waals surface area contributed by atoms with E-state index >= 15 is 0 Å². The van der Waals surface area contributed by atoms with E-state index in [1.807, 2.05) is 23.1 Å². The van der Waals surface area contributed by atoms with Crippen LogP contribution in [0.3, 0.4) is 0 Å². The number of hydrogen-bond donors (Lipinski definition) is 0. The highest BCUT2D eigenvalue weighted by Gasteiger charge is 2.26. The number of thiazole rings is 1. The molecule has 0 radical (unpaired) electrons. The van der Waals surface area contributed by atoms with Crippen molar-refractivity contribution in [1.82, 2.24) is 9.88 Å². The number of amides is 1. The molecule has 0 unspecified atom stereocenters. The van der Waals surface area contributed by atoms with Crippen LogP contribution in [0.25, 0.3) is 10.2 Å². The van der Waals surface area contributed by atoms with Gasteiger partial charge in [0.25, 0.3) is 0 Å². The van der Waals surface area contributed by atoms with Gasteiger partial charge in [-0.15, -0.1) is 23.1 Å². The van der Waals surface area contributed by atoms with E-state index < -0.39 is 11.6 Å². The summed E-state index contributed by atoms with van der Waals surface area (Å²) in [5.74, 6) is -0.762. The number of fused-ring (bicyclic) bond motifs is 1. The van der Waals surface area contributed by atoms with E-state index in [9.17, 15) is 13.6 Å². The number of nitrogens with zero attached hydrogens (tertiary/aromatic N) is 2. The quantitative estimate of drug-likeness (QED) is 0.516. The second kappa shape index (κ2) is 8.57. The lowest BCUT2D eigenvalue weighted by molar-refractivity contribution is -0.131. The number of rotatable bonds is 5. The Morgan fingerprint density at radius 3 is 2.89 bits per heavy atom. The molecule has 0 aliphatic carbocycles. The average Bonchev–Trinajstić information content (AvgIpc) is 3.15. The minimum atomic E-state index is -0.856. The molecule has 0 spiro atoms. The Hall–Kier alpha value is -1.99. The Bertz CT molecular complexity index is 958. The standard InChI is InChI=1S/C21H20F2N2OS2/c22-16-8-7-15(12-17(16)23)27-11-9-20(26)25-10-3-4-14(13-25)21-24-18-5-1-2-6-19(18)28-21/h1-2,5-8,12,14H,3-4,9-11,13H2/t14-/m0/s1. The van der Waals surface area contributed by atoms with Gasteiger partial charge in [-0.3, -0.25) is 4.79 Å². The minimum Gasteiger partial charge on any atom is -0.342 e. The van der Waals surface area contributed by atoms with E-state index in [4.69, 9.17) is 4.98 Å². The number of carbonyl (C=O) groups is 1. The second-order valence-corrected chi connectivity index (χ2v) is 9.10. The first-order valence-corrected chi connectivity index (χ1v) is 11.1. The number of carbonyl (C=O) groups excluding carboxylic acids is 1. The molecule has 7 heteroatoms. The Labute approximate surface area is 170 Å². The lowest BCUT2D eigenvalue weighted by Crippen LogP contribution is -2.39. The molecule has 2 heterocycles. The smallest absolute Gasteiger partial charge is 0.223 e. The maximum absolute atomic E-state index is 13.3. The molecular formula is C21H20F2N2OS2. The molecule has 1 amide bonds. The van der Waals surface area contributed by atoms with E-state index in [-0.39, 0.29) is 11.8 Å². The second-order valence-electron chi connectivity index (χ2n) is 6.87. The van der Waals surface area contributed by atoms with E-state index in [2.05, 4.69) is 6.07 Å². The summed E-state index contributed by atoms with van der Waals surface area (Å²) in [6.07, 6.45) is 2.41. The SMILES string of the molecule is O=C(CCSc1ccc(F)c(F)c1)N1CCC[C@H](c2nc3ccccc3s2)C1. The normalized spacial score (nSPS) is 17.2. The summed E-state index contributed by atoms with van der Waals surface area (Å²) in [5.41, 5.74) is 1.02. The number of halogens is 2. The zero-order valence-electron chi connectivity index (χ0n) is 15.2. The van der Waals surface area contributed by atoms with Crippen LogP contribution in [0.5, 0.6) is 0 Å². The fraction of sp³-hybridized carbons (Fsp3) is 0.333. The van der Waals surface area contributed by atoms with Crippen molar-refractivity contribution in [3.05, 3.63) is 59.1 Å². The zero-order chi connectivity index (χ0) is 19.5. The van der Waals surface area contributed by atoms with Crippen LogP contribution in [0, 0.1) is 11.6 Å². The van der Waals surface area contributed by atoms with Gasteiger partial charge in [-0.1, -0.05) is 12.1 Å². The topological polar surface area (TPSA) is 33.2 Å². The first kappa shape index (κ1) is 19.3. The lowest BCUT2D eigenvalue weighted by atomic mass is 9.98. The van der Waals surface area contributed by atoms with E-state index in [1.165, 1.54) is 28.6 Å². The molecular weight excluding hydrogens is 398 g/mol. The molecule has 1 aliphatic heterocycles. The van der Waals surface area contributed by atoms with Gasteiger partial charge in [-0.2, -0.15) is 0 Å². The van der Waals surface area contributed by atoms with Crippen molar-refractivity contribution in [1.29, 1.82) is 0 Å². The molecule has 2 aromatic carbocycles. The van der Waals surface area contributed by atoms with Crippen molar-refractivity contribution in [2.45, 2.75) is 30.1 Å². The van der Waals surface area contributed by atoms with Crippen molar-refractivity contribution in [3.63, 3.8) is 0 Å². The Kier molecular flexibility index (Phi) is 5.92. The van der Waals surface area contributed by atoms with Crippen molar-refractivity contribution >= 4 is 39.2 Å². The van der Waals surface area contributed by atoms with Gasteiger partial charge in [0, 0.05) is 36.1 Å². The third-order valence-corrected chi connectivity index (χ3v) is 7.10. The predicted molar refractivity (Wildman–Crippen MR) is 110 cm³/mol. The molecule has 1 aromatic heterocycles. The van der Waals surface area contributed by atoms with Gasteiger partial charge >= 0.3 is 0 Å². The van der Waals surface area contributed by atoms with Gasteiger partial charge in [0.1, 0.15) is 0 Å². The van der Waals surface area contributed by atoms with Crippen LogP contribution in [-0.2, 0) is 4.79 Å². The van der Waals surface area contributed by atoms with E-state index in [0.717, 1.165) is 36.0 Å². The maximum Gasteiger partial charge on any atom is 0.223 e. The number of thioether (sulfide) groups is 1. The monoisotopic (exact) mass is 418 g/mol. The fourth-order valence-electron chi connectivity index (χ4n) is 3.45. The summed E-state index contributed by atoms with van der Waals surface area (Å²) in [6.45, 7) is 1.48. The number of benzene rings is 2. The van der Waals surface area contributed by atoms with Crippen molar-refractivity contribution in [3.8, 4) is 0 Å². The van der Waals surface area contributed by atoms with Crippen LogP contribution < -0.4 is 0 Å². The first-order valence-electron chi connectivity index (χ1n) is 9.31. The minimum absolute atomic E-state index is 0.112. The number of likely N-dealkylation sites (tertiary alicyclic amines) is 1. The molecule has 0 saturated carbocycles. The lowest BCUT2D eigenvalue weighted by Gasteiger charge is -2.32. The van der Waals surface area contributed by atoms with E-state index in [0.29, 0.717) is 23.6 Å². The van der Waals surface area contributed by atoms with Crippen LogP contribution in [0.4, 0.5) is 8.78 Å². The number of hydrogen-bond acceptors (Lipinski definition) is 4. The molecule has 28 heavy (non-hydrogen) atoms. The van der Waals surface area contributed by atoms with E-state index in [1.54, 1.807) is 11.3 Å². The van der Waals surface area contributed by atoms with Crippen LogP contribution in [0.2, 0.25) is 0 Å². The summed E-state index contributed by atoms with van der Waals surface area (Å²) in [7, 11) is 0. The molecule has 3 nitrogen and oxygen atoms in total. The Morgan fingerprint density at radius 2 is 2.07 bits per heavy atom. The number of para-hydroxylation sites is 1. The van der Waals surface area contributed by atoms with Gasteiger partial charge in [0.15, 0.2) is 11.6 Å². The third kappa shape index (κ3) is 4.36. The van der Waals surface area contributed by atoms with Crippen LogP contribution in [-0.4, -0.2) is 34.6 Å². The van der Waals surface area contributed by atoms with Crippen molar-refractivity contribution in [2.75, 3.05) is 18.8 Å². The molecule has 146 valence electrons. The molecule has 1 fully saturated rings. The van der Waals surface area contributed by atoms with Crippen LogP contribution in [0.1, 0.15) is 30.2 Å². The Balaban J connectivity index is 1.33. The van der Waals surface area contributed by atoms with Gasteiger partial charge in [0.05, 0.1) is 15.2 Å². The first-order chi connectivity index (χ1) is 13.6. The molecule has 1 atom stereocenters. The zero-order valence-corrected chi connectivity index (χ0v) is 16.9. The Morgan fingerprint density at radius 1 is 1.21 bits per heavy atom. The average molecular weight is 419 g/mol. The van der Waals surface area contributed by atoms with Gasteiger partial charge in [-0.05, 0) is 43.2 Å². The summed E-state index contributed by atoms with van der Waals surface area (Å²) in [4.78, 5) is 19.9. The van der Waals surface area contributed by atoms with Gasteiger partial charge in [-0.25, -0.2) is 13.8 Å². The maximum atomic E-state index is 13.3. The largest absolute Gasteiger partial charge is 0.342 e. The highest BCUT2D eigenvalue weighted by atomic mass is 32.2. The molecule has 1 aliphatic rings. The molecule has 4 rings (SSSR count). The number of aromatic nitrogens is 1. The van der Waals surface area contributed by atoms with Crippen LogP contribution >= 0.6 is 23.1 Å². The molecule has 0 N–H and O–H groups in total. The third-order valence-electron chi connectivity index (χ3n) is 4.91. The highest BCUT2D eigenvalue weighted by molar-refractivity contribution is 7.99. The van der Waals surface area contributed by atoms with Crippen molar-refractivity contribution in [2.24, 2.45) is 0 Å². The predicted octanol–water partition coefficient (Wildman–Crippen LogP) is 5.46. The van der Waals surface area contributed by atoms with Gasteiger partial charge < -0.3 is 4.90 Å². The van der Waals surface area contributed by atoms with Crippen molar-refractivity contribution < 1.29 is 13.6 Å². The summed E-state index contributed by atoms with van der Waals surface area (Å²) in [5, 5.41) is 1.11. The number of piperidine rings is 1. The molecule has 1 saturated heterocycles. The van der Waals surface area contributed by atoms with Crippen LogP contribution in [0.15, 0.2) is 47.4 Å².